The molecule has 3 aromatic rings. The molecule has 2 aromatic carbocycles. The van der Waals surface area contributed by atoms with Gasteiger partial charge in [0.1, 0.15) is 5.01 Å². The van der Waals surface area contributed by atoms with Crippen LogP contribution in [0.5, 0.6) is 0 Å². The highest BCUT2D eigenvalue weighted by atomic mass is 35.5. The molecule has 0 aliphatic carbocycles. The lowest BCUT2D eigenvalue weighted by Gasteiger charge is -2.09. The number of anilines is 1. The lowest BCUT2D eigenvalue weighted by Crippen LogP contribution is -2.15. The second-order valence-corrected chi connectivity index (χ2v) is 9.38. The second-order valence-electron chi connectivity index (χ2n) is 6.10. The molecule has 0 fully saturated rings. The summed E-state index contributed by atoms with van der Waals surface area (Å²) in [5.41, 5.74) is 2.71. The van der Waals surface area contributed by atoms with Crippen molar-refractivity contribution in [1.82, 2.24) is 4.98 Å². The van der Waals surface area contributed by atoms with Crippen molar-refractivity contribution in [3.05, 3.63) is 64.1 Å². The van der Waals surface area contributed by atoms with E-state index < -0.39 is 9.84 Å². The number of nitrogens with one attached hydrogen (secondary N) is 1. The van der Waals surface area contributed by atoms with Gasteiger partial charge in [-0.15, -0.1) is 11.3 Å². The molecule has 0 saturated heterocycles. The number of hydrogen-bond acceptors (Lipinski definition) is 5. The van der Waals surface area contributed by atoms with E-state index in [1.165, 1.54) is 23.5 Å². The smallest absolute Gasteiger partial charge is 0.230 e. The fourth-order valence-electron chi connectivity index (χ4n) is 2.47. The number of hydrogen-bond donors (Lipinski definition) is 1. The van der Waals surface area contributed by atoms with E-state index in [0.29, 0.717) is 16.4 Å². The van der Waals surface area contributed by atoms with Crippen molar-refractivity contribution >= 4 is 44.4 Å². The summed E-state index contributed by atoms with van der Waals surface area (Å²) in [5, 5.41) is 5.94. The molecule has 1 amide bonds. The van der Waals surface area contributed by atoms with Gasteiger partial charge in [-0.3, -0.25) is 4.79 Å². The van der Waals surface area contributed by atoms with Crippen molar-refractivity contribution in [2.45, 2.75) is 18.2 Å². The Hall–Kier alpha value is -2.22. The van der Waals surface area contributed by atoms with E-state index >= 15 is 0 Å². The monoisotopic (exact) mass is 420 g/mol. The normalized spacial score (nSPS) is 11.4. The molecule has 0 saturated carbocycles. The van der Waals surface area contributed by atoms with Crippen LogP contribution in [0.4, 0.5) is 5.69 Å². The van der Waals surface area contributed by atoms with Crippen LogP contribution in [-0.2, 0) is 21.1 Å². The maximum absolute atomic E-state index is 12.4. The first-order valence-corrected chi connectivity index (χ1v) is 11.2. The molecule has 0 unspecified atom stereocenters. The summed E-state index contributed by atoms with van der Waals surface area (Å²) >= 11 is 7.61. The number of sulfone groups is 1. The molecule has 1 N–H and O–H groups in total. The Morgan fingerprint density at radius 2 is 1.96 bits per heavy atom. The van der Waals surface area contributed by atoms with Crippen LogP contribution >= 0.6 is 22.9 Å². The Kier molecular flexibility index (Phi) is 5.64. The zero-order valence-electron chi connectivity index (χ0n) is 14.7. The van der Waals surface area contributed by atoms with Gasteiger partial charge in [0.15, 0.2) is 9.84 Å². The minimum atomic E-state index is -3.34. The lowest BCUT2D eigenvalue weighted by atomic mass is 10.2. The second kappa shape index (κ2) is 7.80. The number of amides is 1. The first-order valence-electron chi connectivity index (χ1n) is 8.04. The van der Waals surface area contributed by atoms with Crippen LogP contribution in [0.1, 0.15) is 11.3 Å². The molecule has 0 bridgehead atoms. The Balaban J connectivity index is 1.75. The highest BCUT2D eigenvalue weighted by Gasteiger charge is 2.14. The lowest BCUT2D eigenvalue weighted by molar-refractivity contribution is -0.115. The van der Waals surface area contributed by atoms with Crippen molar-refractivity contribution in [3.8, 4) is 10.6 Å². The van der Waals surface area contributed by atoms with Gasteiger partial charge >= 0.3 is 0 Å². The maximum Gasteiger partial charge on any atom is 0.230 e. The highest BCUT2D eigenvalue weighted by Crippen LogP contribution is 2.30. The number of carbonyl (C=O) groups excluding carboxylic acids is 1. The first kappa shape index (κ1) is 19.5. The van der Waals surface area contributed by atoms with E-state index in [4.69, 9.17) is 11.6 Å². The summed E-state index contributed by atoms with van der Waals surface area (Å²) in [6.45, 7) is 1.81. The van der Waals surface area contributed by atoms with Crippen LogP contribution in [0.15, 0.2) is 52.7 Å². The van der Waals surface area contributed by atoms with Crippen molar-refractivity contribution < 1.29 is 13.2 Å². The van der Waals surface area contributed by atoms with Crippen molar-refractivity contribution in [2.24, 2.45) is 0 Å². The molecule has 0 aliphatic rings. The van der Waals surface area contributed by atoms with Crippen LogP contribution in [0, 0.1) is 6.92 Å². The summed E-state index contributed by atoms with van der Waals surface area (Å²) in [7, 11) is -3.34. The molecule has 140 valence electrons. The van der Waals surface area contributed by atoms with E-state index in [2.05, 4.69) is 10.3 Å². The minimum Gasteiger partial charge on any atom is -0.325 e. The van der Waals surface area contributed by atoms with Crippen LogP contribution in [0.2, 0.25) is 5.02 Å². The molecule has 0 aliphatic heterocycles. The molecule has 0 atom stereocenters. The Morgan fingerprint density at radius 3 is 2.67 bits per heavy atom. The van der Waals surface area contributed by atoms with Gasteiger partial charge in [0.05, 0.1) is 22.0 Å². The van der Waals surface area contributed by atoms with Gasteiger partial charge in [-0.2, -0.15) is 0 Å². The first-order chi connectivity index (χ1) is 12.7. The van der Waals surface area contributed by atoms with E-state index in [-0.39, 0.29) is 17.2 Å². The number of nitrogens with zero attached hydrogens (tertiary/aromatic N) is 1. The number of benzene rings is 2. The molecule has 5 nitrogen and oxygen atoms in total. The van der Waals surface area contributed by atoms with E-state index in [0.717, 1.165) is 22.4 Å². The third kappa shape index (κ3) is 4.74. The van der Waals surface area contributed by atoms with E-state index in [1.54, 1.807) is 19.1 Å². The zero-order chi connectivity index (χ0) is 19.6. The van der Waals surface area contributed by atoms with Gasteiger partial charge in [-0.05, 0) is 30.7 Å². The standard InChI is InChI=1S/C19H17ClN2O3S2/c1-12-7-8-14(27(2,24)25)10-17(12)22-18(23)9-13-11-26-19(21-13)15-5-3-4-6-16(15)20/h3-8,10-11H,9H2,1-2H3,(H,22,23). The highest BCUT2D eigenvalue weighted by molar-refractivity contribution is 7.90. The predicted octanol–water partition coefficient (Wildman–Crippen LogP) is 4.36. The molecule has 3 rings (SSSR count). The van der Waals surface area contributed by atoms with Gasteiger partial charge in [-0.25, -0.2) is 13.4 Å². The molecule has 1 aromatic heterocycles. The van der Waals surface area contributed by atoms with Gasteiger partial charge in [-0.1, -0.05) is 35.9 Å². The molecule has 1 heterocycles. The molecule has 0 radical (unpaired) electrons. The van der Waals surface area contributed by atoms with E-state index in [1.807, 2.05) is 23.6 Å². The number of thiazole rings is 1. The molecule has 0 spiro atoms. The van der Waals surface area contributed by atoms with Crippen LogP contribution < -0.4 is 5.32 Å². The van der Waals surface area contributed by atoms with Crippen LogP contribution in [0.25, 0.3) is 10.6 Å². The summed E-state index contributed by atoms with van der Waals surface area (Å²) in [6, 6.07) is 12.1. The predicted molar refractivity (Wildman–Crippen MR) is 109 cm³/mol. The average Bonchev–Trinajstić information content (AvgIpc) is 3.04. The SMILES string of the molecule is Cc1ccc(S(C)(=O)=O)cc1NC(=O)Cc1csc(-c2ccccc2Cl)n1. The van der Waals surface area contributed by atoms with Crippen molar-refractivity contribution in [2.75, 3.05) is 11.6 Å². The Morgan fingerprint density at radius 1 is 1.22 bits per heavy atom. The quantitative estimate of drug-likeness (QED) is 0.665. The van der Waals surface area contributed by atoms with Gasteiger partial charge in [0.25, 0.3) is 0 Å². The van der Waals surface area contributed by atoms with Crippen molar-refractivity contribution in [3.63, 3.8) is 0 Å². The number of halogens is 1. The van der Waals surface area contributed by atoms with Gasteiger partial charge in [0.2, 0.25) is 5.91 Å². The zero-order valence-corrected chi connectivity index (χ0v) is 17.1. The summed E-state index contributed by atoms with van der Waals surface area (Å²) in [5.74, 6) is -0.264. The van der Waals surface area contributed by atoms with Crippen LogP contribution in [0.3, 0.4) is 0 Å². The molecular formula is C19H17ClN2O3S2. The topological polar surface area (TPSA) is 76.1 Å². The Labute approximate surface area is 167 Å². The maximum atomic E-state index is 12.4. The average molecular weight is 421 g/mol. The Bertz CT molecular complexity index is 1110. The number of aryl methyl sites for hydroxylation is 1. The van der Waals surface area contributed by atoms with Crippen LogP contribution in [-0.4, -0.2) is 25.6 Å². The van der Waals surface area contributed by atoms with Gasteiger partial charge in [0, 0.05) is 22.9 Å². The third-order valence-electron chi connectivity index (χ3n) is 3.91. The summed E-state index contributed by atoms with van der Waals surface area (Å²) < 4.78 is 23.4. The number of carbonyl (C=O) groups is 1. The molecule has 8 heteroatoms. The summed E-state index contributed by atoms with van der Waals surface area (Å²) in [4.78, 5) is 17.0. The largest absolute Gasteiger partial charge is 0.325 e. The molecular weight excluding hydrogens is 404 g/mol. The number of rotatable bonds is 5. The third-order valence-corrected chi connectivity index (χ3v) is 6.27. The summed E-state index contributed by atoms with van der Waals surface area (Å²) in [6.07, 6.45) is 1.22. The fraction of sp³-hybridized carbons (Fsp3) is 0.158. The fourth-order valence-corrected chi connectivity index (χ4v) is 4.26. The molecule has 27 heavy (non-hydrogen) atoms. The minimum absolute atomic E-state index is 0.0868. The van der Waals surface area contributed by atoms with E-state index in [9.17, 15) is 13.2 Å². The van der Waals surface area contributed by atoms with Gasteiger partial charge < -0.3 is 5.32 Å². The van der Waals surface area contributed by atoms with Crippen molar-refractivity contribution in [1.29, 1.82) is 0 Å². The number of aromatic nitrogens is 1.